The summed E-state index contributed by atoms with van der Waals surface area (Å²) in [5.41, 5.74) is 1.37. The Hall–Kier alpha value is -1.59. The fourth-order valence-corrected chi connectivity index (χ4v) is 3.16. The third kappa shape index (κ3) is 7.04. The molecule has 1 atom stereocenters. The summed E-state index contributed by atoms with van der Waals surface area (Å²) in [6.45, 7) is 9.81. The molecule has 1 saturated heterocycles. The smallest absolute Gasteiger partial charge is 0.191 e. The summed E-state index contributed by atoms with van der Waals surface area (Å²) < 4.78 is 5.61. The largest absolute Gasteiger partial charge is 0.379 e. The molecule has 5 heteroatoms. The highest BCUT2D eigenvalue weighted by Gasteiger charge is 2.23. The second kappa shape index (κ2) is 11.1. The molecule has 5 nitrogen and oxygen atoms in total. The highest BCUT2D eigenvalue weighted by atomic mass is 16.5. The van der Waals surface area contributed by atoms with Gasteiger partial charge in [-0.25, -0.2) is 0 Å². The molecule has 0 radical (unpaired) electrons. The van der Waals surface area contributed by atoms with Crippen LogP contribution in [0.1, 0.15) is 38.3 Å². The van der Waals surface area contributed by atoms with Crippen molar-refractivity contribution in [3.8, 4) is 0 Å². The predicted molar refractivity (Wildman–Crippen MR) is 105 cm³/mol. The summed E-state index contributed by atoms with van der Waals surface area (Å²) in [6.07, 6.45) is 2.59. The number of nitrogens with zero attached hydrogens (tertiary/aromatic N) is 2. The van der Waals surface area contributed by atoms with Gasteiger partial charge in [-0.2, -0.15) is 0 Å². The Balaban J connectivity index is 1.81. The molecule has 140 valence electrons. The highest BCUT2D eigenvalue weighted by molar-refractivity contribution is 5.79. The van der Waals surface area contributed by atoms with E-state index in [0.29, 0.717) is 18.6 Å². The zero-order chi connectivity index (χ0) is 17.9. The number of aliphatic imine (C=N–C) groups is 1. The lowest BCUT2D eigenvalue weighted by Crippen LogP contribution is -2.43. The van der Waals surface area contributed by atoms with Crippen LogP contribution < -0.4 is 10.6 Å². The van der Waals surface area contributed by atoms with Crippen LogP contribution in [0.2, 0.25) is 0 Å². The van der Waals surface area contributed by atoms with Crippen LogP contribution in [0.4, 0.5) is 0 Å². The molecule has 1 unspecified atom stereocenters. The van der Waals surface area contributed by atoms with E-state index in [1.54, 1.807) is 0 Å². The van der Waals surface area contributed by atoms with Gasteiger partial charge in [-0.3, -0.25) is 9.89 Å². The minimum atomic E-state index is 0.388. The van der Waals surface area contributed by atoms with Crippen molar-refractivity contribution >= 4 is 5.96 Å². The van der Waals surface area contributed by atoms with Crippen molar-refractivity contribution in [2.24, 2.45) is 10.9 Å². The Labute approximate surface area is 152 Å². The second-order valence-electron chi connectivity index (χ2n) is 7.02. The average molecular weight is 347 g/mol. The van der Waals surface area contributed by atoms with Gasteiger partial charge in [0.25, 0.3) is 0 Å². The number of hydrogen-bond acceptors (Lipinski definition) is 3. The van der Waals surface area contributed by atoms with E-state index in [-0.39, 0.29) is 0 Å². The van der Waals surface area contributed by atoms with E-state index >= 15 is 0 Å². The number of rotatable bonds is 9. The first-order valence-corrected chi connectivity index (χ1v) is 9.52. The molecule has 0 amide bonds. The van der Waals surface area contributed by atoms with Crippen LogP contribution in [-0.4, -0.2) is 57.3 Å². The number of likely N-dealkylation sites (tertiary alicyclic amines) is 1. The minimum absolute atomic E-state index is 0.388. The van der Waals surface area contributed by atoms with Crippen LogP contribution in [0.15, 0.2) is 35.3 Å². The van der Waals surface area contributed by atoms with Gasteiger partial charge in [0.1, 0.15) is 0 Å². The van der Waals surface area contributed by atoms with E-state index in [0.717, 1.165) is 25.7 Å². The second-order valence-corrected chi connectivity index (χ2v) is 7.02. The molecule has 1 aliphatic heterocycles. The summed E-state index contributed by atoms with van der Waals surface area (Å²) in [5, 5.41) is 6.82. The maximum absolute atomic E-state index is 5.61. The molecule has 2 rings (SSSR count). The van der Waals surface area contributed by atoms with Crippen LogP contribution in [0.5, 0.6) is 0 Å². The van der Waals surface area contributed by atoms with E-state index in [1.165, 1.54) is 31.5 Å². The fourth-order valence-electron chi connectivity index (χ4n) is 3.16. The molecule has 25 heavy (non-hydrogen) atoms. The lowest BCUT2D eigenvalue weighted by molar-refractivity contribution is 0.114. The number of ether oxygens (including phenoxy) is 1. The van der Waals surface area contributed by atoms with Crippen molar-refractivity contribution in [1.29, 1.82) is 0 Å². The van der Waals surface area contributed by atoms with Crippen molar-refractivity contribution < 1.29 is 4.74 Å². The lowest BCUT2D eigenvalue weighted by Gasteiger charge is -2.29. The molecule has 1 aromatic carbocycles. The van der Waals surface area contributed by atoms with Gasteiger partial charge in [0.2, 0.25) is 0 Å². The SMILES string of the molecule is CN=C(NCCOCC(C)C)NCC(c1ccccc1)N1CCCC1. The van der Waals surface area contributed by atoms with Crippen molar-refractivity contribution in [1.82, 2.24) is 15.5 Å². The monoisotopic (exact) mass is 346 g/mol. The molecular formula is C20H34N4O. The van der Waals surface area contributed by atoms with E-state index < -0.39 is 0 Å². The van der Waals surface area contributed by atoms with Crippen LogP contribution >= 0.6 is 0 Å². The van der Waals surface area contributed by atoms with E-state index in [9.17, 15) is 0 Å². The molecule has 2 N–H and O–H groups in total. The first kappa shape index (κ1) is 19.7. The van der Waals surface area contributed by atoms with Gasteiger partial charge in [-0.15, -0.1) is 0 Å². The average Bonchev–Trinajstić information content (AvgIpc) is 3.15. The molecule has 0 spiro atoms. The van der Waals surface area contributed by atoms with Crippen molar-refractivity contribution in [2.75, 3.05) is 46.4 Å². The van der Waals surface area contributed by atoms with Gasteiger partial charge in [-0.05, 0) is 37.4 Å². The van der Waals surface area contributed by atoms with E-state index in [1.807, 2.05) is 7.05 Å². The van der Waals surface area contributed by atoms with Crippen molar-refractivity contribution in [2.45, 2.75) is 32.7 Å². The van der Waals surface area contributed by atoms with Gasteiger partial charge < -0.3 is 15.4 Å². The van der Waals surface area contributed by atoms with Crippen LogP contribution in [0, 0.1) is 5.92 Å². The van der Waals surface area contributed by atoms with Crippen molar-refractivity contribution in [3.05, 3.63) is 35.9 Å². The molecule has 0 bridgehead atoms. The van der Waals surface area contributed by atoms with Crippen LogP contribution in [0.3, 0.4) is 0 Å². The maximum Gasteiger partial charge on any atom is 0.191 e. The quantitative estimate of drug-likeness (QED) is 0.410. The molecule has 1 aromatic rings. The summed E-state index contributed by atoms with van der Waals surface area (Å²) in [7, 11) is 1.82. The topological polar surface area (TPSA) is 48.9 Å². The molecule has 1 fully saturated rings. The maximum atomic E-state index is 5.61. The van der Waals surface area contributed by atoms with Gasteiger partial charge in [-0.1, -0.05) is 44.2 Å². The lowest BCUT2D eigenvalue weighted by atomic mass is 10.1. The fraction of sp³-hybridized carbons (Fsp3) is 0.650. The third-order valence-electron chi connectivity index (χ3n) is 4.44. The summed E-state index contributed by atoms with van der Waals surface area (Å²) in [6, 6.07) is 11.2. The number of guanidine groups is 1. The van der Waals surface area contributed by atoms with E-state index in [4.69, 9.17) is 4.74 Å². The van der Waals surface area contributed by atoms with Crippen molar-refractivity contribution in [3.63, 3.8) is 0 Å². The van der Waals surface area contributed by atoms with Crippen LogP contribution in [-0.2, 0) is 4.74 Å². The Bertz CT molecular complexity index is 498. The standard InChI is InChI=1S/C20H34N4O/c1-17(2)16-25-14-11-22-20(21-3)23-15-19(24-12-7-8-13-24)18-9-5-4-6-10-18/h4-6,9-10,17,19H,7-8,11-16H2,1-3H3,(H2,21,22,23). The number of hydrogen-bond donors (Lipinski definition) is 2. The van der Waals surface area contributed by atoms with Gasteiger partial charge >= 0.3 is 0 Å². The first-order chi connectivity index (χ1) is 12.2. The van der Waals surface area contributed by atoms with Gasteiger partial charge in [0, 0.05) is 26.7 Å². The van der Waals surface area contributed by atoms with Gasteiger partial charge in [0.05, 0.1) is 12.6 Å². The first-order valence-electron chi connectivity index (χ1n) is 9.52. The molecule has 1 aliphatic rings. The Morgan fingerprint density at radius 1 is 1.16 bits per heavy atom. The zero-order valence-corrected chi connectivity index (χ0v) is 16.0. The molecule has 0 saturated carbocycles. The van der Waals surface area contributed by atoms with Gasteiger partial charge in [0.15, 0.2) is 5.96 Å². The Morgan fingerprint density at radius 2 is 1.88 bits per heavy atom. The highest BCUT2D eigenvalue weighted by Crippen LogP contribution is 2.24. The summed E-state index contributed by atoms with van der Waals surface area (Å²) in [5.74, 6) is 1.41. The third-order valence-corrected chi connectivity index (χ3v) is 4.44. The minimum Gasteiger partial charge on any atom is -0.379 e. The van der Waals surface area contributed by atoms with E-state index in [2.05, 4.69) is 64.7 Å². The molecule has 0 aliphatic carbocycles. The molecular weight excluding hydrogens is 312 g/mol. The molecule has 1 heterocycles. The summed E-state index contributed by atoms with van der Waals surface area (Å²) >= 11 is 0. The number of nitrogens with one attached hydrogen (secondary N) is 2. The Kier molecular flexibility index (Phi) is 8.77. The normalized spacial score (nSPS) is 17.0. The predicted octanol–water partition coefficient (Wildman–Crippen LogP) is 2.66. The summed E-state index contributed by atoms with van der Waals surface area (Å²) in [4.78, 5) is 6.90. The Morgan fingerprint density at radius 3 is 2.52 bits per heavy atom. The number of benzene rings is 1. The van der Waals surface area contributed by atoms with Crippen LogP contribution in [0.25, 0.3) is 0 Å². The zero-order valence-electron chi connectivity index (χ0n) is 16.0. The molecule has 0 aromatic heterocycles.